The second-order valence-corrected chi connectivity index (χ2v) is 5.83. The first-order valence-corrected chi connectivity index (χ1v) is 7.54. The molecule has 1 heterocycles. The molecule has 2 fully saturated rings. The van der Waals surface area contributed by atoms with Gasteiger partial charge in [-0.2, -0.15) is 0 Å². The van der Waals surface area contributed by atoms with Crippen LogP contribution < -0.4 is 10.6 Å². The molecule has 104 valence electrons. The summed E-state index contributed by atoms with van der Waals surface area (Å²) in [6.45, 7) is 2.41. The van der Waals surface area contributed by atoms with Crippen LogP contribution in [0.5, 0.6) is 0 Å². The SMILES string of the molecule is NCCc1ccc(N2CCOC3CCCC32)c(Cl)c1. The van der Waals surface area contributed by atoms with E-state index < -0.39 is 0 Å². The topological polar surface area (TPSA) is 38.5 Å². The number of benzene rings is 1. The van der Waals surface area contributed by atoms with Crippen LogP contribution in [0.15, 0.2) is 18.2 Å². The Morgan fingerprint density at radius 3 is 3.05 bits per heavy atom. The molecule has 1 saturated carbocycles. The highest BCUT2D eigenvalue weighted by Crippen LogP contribution is 2.36. The van der Waals surface area contributed by atoms with Gasteiger partial charge in [0.25, 0.3) is 0 Å². The molecule has 1 aliphatic heterocycles. The van der Waals surface area contributed by atoms with E-state index in [0.29, 0.717) is 18.7 Å². The highest BCUT2D eigenvalue weighted by Gasteiger charge is 2.36. The minimum absolute atomic E-state index is 0.397. The molecule has 0 bridgehead atoms. The predicted octanol–water partition coefficient (Wildman–Crippen LogP) is 2.60. The summed E-state index contributed by atoms with van der Waals surface area (Å²) in [5.41, 5.74) is 7.96. The van der Waals surface area contributed by atoms with Crippen molar-refractivity contribution in [1.29, 1.82) is 0 Å². The van der Waals surface area contributed by atoms with E-state index in [0.717, 1.165) is 30.3 Å². The maximum atomic E-state index is 6.47. The molecular weight excluding hydrogens is 260 g/mol. The fraction of sp³-hybridized carbons (Fsp3) is 0.600. The molecule has 1 aromatic rings. The van der Waals surface area contributed by atoms with Crippen LogP contribution in [-0.2, 0) is 11.2 Å². The van der Waals surface area contributed by atoms with E-state index in [1.807, 2.05) is 0 Å². The quantitative estimate of drug-likeness (QED) is 0.925. The Labute approximate surface area is 119 Å². The minimum atomic E-state index is 0.397. The van der Waals surface area contributed by atoms with Crippen LogP contribution in [0.3, 0.4) is 0 Å². The Balaban J connectivity index is 1.84. The van der Waals surface area contributed by atoms with Crippen molar-refractivity contribution >= 4 is 17.3 Å². The molecule has 1 aliphatic carbocycles. The van der Waals surface area contributed by atoms with Crippen LogP contribution >= 0.6 is 11.6 Å². The predicted molar refractivity (Wildman–Crippen MR) is 78.9 cm³/mol. The summed E-state index contributed by atoms with van der Waals surface area (Å²) in [6, 6.07) is 6.86. The minimum Gasteiger partial charge on any atom is -0.374 e. The lowest BCUT2D eigenvalue weighted by atomic mass is 10.1. The van der Waals surface area contributed by atoms with Gasteiger partial charge in [-0.05, 0) is 49.9 Å². The zero-order valence-electron chi connectivity index (χ0n) is 11.1. The molecule has 0 radical (unpaired) electrons. The Bertz CT molecular complexity index is 452. The van der Waals surface area contributed by atoms with E-state index in [2.05, 4.69) is 23.1 Å². The lowest BCUT2D eigenvalue weighted by Crippen LogP contribution is -2.48. The van der Waals surface area contributed by atoms with Crippen LogP contribution in [0.4, 0.5) is 5.69 Å². The van der Waals surface area contributed by atoms with Crippen LogP contribution in [0.2, 0.25) is 5.02 Å². The van der Waals surface area contributed by atoms with Gasteiger partial charge < -0.3 is 15.4 Å². The number of hydrogen-bond donors (Lipinski definition) is 1. The molecule has 2 atom stereocenters. The second kappa shape index (κ2) is 5.70. The van der Waals surface area contributed by atoms with Gasteiger partial charge in [0.15, 0.2) is 0 Å². The number of halogens is 1. The maximum absolute atomic E-state index is 6.47. The van der Waals surface area contributed by atoms with Crippen LogP contribution in [0, 0.1) is 0 Å². The molecule has 1 saturated heterocycles. The van der Waals surface area contributed by atoms with Crippen LogP contribution in [0.1, 0.15) is 24.8 Å². The normalized spacial score (nSPS) is 26.5. The Morgan fingerprint density at radius 1 is 1.37 bits per heavy atom. The van der Waals surface area contributed by atoms with Gasteiger partial charge in [0.05, 0.1) is 29.5 Å². The summed E-state index contributed by atoms with van der Waals surface area (Å²) in [5, 5.41) is 0.846. The smallest absolute Gasteiger partial charge is 0.0779 e. The zero-order chi connectivity index (χ0) is 13.2. The number of fused-ring (bicyclic) bond motifs is 1. The average Bonchev–Trinajstić information content (AvgIpc) is 2.88. The van der Waals surface area contributed by atoms with E-state index in [9.17, 15) is 0 Å². The van der Waals surface area contributed by atoms with Crippen molar-refractivity contribution in [3.8, 4) is 0 Å². The Hall–Kier alpha value is -0.770. The highest BCUT2D eigenvalue weighted by atomic mass is 35.5. The first-order valence-electron chi connectivity index (χ1n) is 7.16. The summed E-state index contributed by atoms with van der Waals surface area (Å²) >= 11 is 6.47. The number of rotatable bonds is 3. The Morgan fingerprint density at radius 2 is 2.26 bits per heavy atom. The van der Waals surface area contributed by atoms with Crippen LogP contribution in [0.25, 0.3) is 0 Å². The lowest BCUT2D eigenvalue weighted by molar-refractivity contribution is 0.0256. The first-order chi connectivity index (χ1) is 9.29. The van der Waals surface area contributed by atoms with Gasteiger partial charge in [-0.15, -0.1) is 0 Å². The molecule has 3 nitrogen and oxygen atoms in total. The highest BCUT2D eigenvalue weighted by molar-refractivity contribution is 6.33. The summed E-state index contributed by atoms with van der Waals surface area (Å²) in [7, 11) is 0. The van der Waals surface area contributed by atoms with Crippen molar-refractivity contribution in [2.75, 3.05) is 24.6 Å². The molecule has 2 unspecified atom stereocenters. The summed E-state index contributed by atoms with van der Waals surface area (Å²) in [6.07, 6.45) is 4.94. The lowest BCUT2D eigenvalue weighted by Gasteiger charge is -2.39. The molecule has 0 aromatic heterocycles. The summed E-state index contributed by atoms with van der Waals surface area (Å²) < 4.78 is 5.85. The number of anilines is 1. The number of morpholine rings is 1. The Kier molecular flexibility index (Phi) is 3.96. The third-order valence-corrected chi connectivity index (χ3v) is 4.54. The van der Waals surface area contributed by atoms with Crippen molar-refractivity contribution in [2.24, 2.45) is 5.73 Å². The monoisotopic (exact) mass is 280 g/mol. The van der Waals surface area contributed by atoms with Gasteiger partial charge in [-0.25, -0.2) is 0 Å². The van der Waals surface area contributed by atoms with Gasteiger partial charge in [-0.1, -0.05) is 17.7 Å². The molecule has 3 rings (SSSR count). The van der Waals surface area contributed by atoms with Gasteiger partial charge >= 0.3 is 0 Å². The molecule has 4 heteroatoms. The van der Waals surface area contributed by atoms with E-state index >= 15 is 0 Å². The number of hydrogen-bond acceptors (Lipinski definition) is 3. The molecule has 1 aromatic carbocycles. The zero-order valence-corrected chi connectivity index (χ0v) is 11.9. The number of nitrogens with two attached hydrogens (primary N) is 1. The van der Waals surface area contributed by atoms with Crippen LogP contribution in [-0.4, -0.2) is 31.8 Å². The van der Waals surface area contributed by atoms with E-state index in [1.54, 1.807) is 0 Å². The van der Waals surface area contributed by atoms with E-state index in [-0.39, 0.29) is 0 Å². The van der Waals surface area contributed by atoms with E-state index in [1.165, 1.54) is 24.8 Å². The van der Waals surface area contributed by atoms with Gasteiger partial charge in [0, 0.05) is 6.54 Å². The number of ether oxygens (including phenoxy) is 1. The van der Waals surface area contributed by atoms with Crippen molar-refractivity contribution in [1.82, 2.24) is 0 Å². The fourth-order valence-electron chi connectivity index (χ4n) is 3.33. The van der Waals surface area contributed by atoms with Gasteiger partial charge in [0.2, 0.25) is 0 Å². The second-order valence-electron chi connectivity index (χ2n) is 5.43. The standard InChI is InChI=1S/C15H21ClN2O/c16-12-10-11(6-7-17)4-5-13(12)18-8-9-19-15-3-1-2-14(15)18/h4-5,10,14-15H,1-3,6-9,17H2. The largest absolute Gasteiger partial charge is 0.374 e. The van der Waals surface area contributed by atoms with Crippen molar-refractivity contribution in [3.63, 3.8) is 0 Å². The van der Waals surface area contributed by atoms with Gasteiger partial charge in [0.1, 0.15) is 0 Å². The summed E-state index contributed by atoms with van der Waals surface area (Å²) in [5.74, 6) is 0. The molecule has 19 heavy (non-hydrogen) atoms. The molecule has 2 N–H and O–H groups in total. The first kappa shape index (κ1) is 13.2. The third kappa shape index (κ3) is 2.60. The van der Waals surface area contributed by atoms with Crippen molar-refractivity contribution in [2.45, 2.75) is 37.8 Å². The molecular formula is C15H21ClN2O. The molecule has 0 spiro atoms. The average molecular weight is 281 g/mol. The third-order valence-electron chi connectivity index (χ3n) is 4.24. The number of nitrogens with zero attached hydrogens (tertiary/aromatic N) is 1. The fourth-order valence-corrected chi connectivity index (χ4v) is 3.64. The molecule has 0 amide bonds. The molecule has 2 aliphatic rings. The van der Waals surface area contributed by atoms with Crippen molar-refractivity contribution < 1.29 is 4.74 Å². The van der Waals surface area contributed by atoms with E-state index in [4.69, 9.17) is 22.1 Å². The summed E-state index contributed by atoms with van der Waals surface area (Å²) in [4.78, 5) is 2.44. The van der Waals surface area contributed by atoms with Crippen molar-refractivity contribution in [3.05, 3.63) is 28.8 Å². The van der Waals surface area contributed by atoms with Gasteiger partial charge in [-0.3, -0.25) is 0 Å². The maximum Gasteiger partial charge on any atom is 0.0779 e.